The van der Waals surface area contributed by atoms with Gasteiger partial charge in [0.25, 0.3) is 0 Å². The highest BCUT2D eigenvalue weighted by Crippen LogP contribution is 2.35. The third kappa shape index (κ3) is 1.89. The molecule has 2 nitrogen and oxygen atoms in total. The molecule has 2 fully saturated rings. The Kier molecular flexibility index (Phi) is 2.71. The van der Waals surface area contributed by atoms with Crippen LogP contribution in [0.1, 0.15) is 45.4 Å². The highest BCUT2D eigenvalue weighted by molar-refractivity contribution is 6.04. The molecule has 0 saturated heterocycles. The molecule has 2 saturated carbocycles. The molecule has 2 aliphatic rings. The van der Waals surface area contributed by atoms with Crippen LogP contribution >= 0.6 is 0 Å². The van der Waals surface area contributed by atoms with Gasteiger partial charge in [-0.15, -0.1) is 0 Å². The molecule has 0 amide bonds. The lowest BCUT2D eigenvalue weighted by Crippen LogP contribution is -2.27. The number of rotatable bonds is 4. The topological polar surface area (TPSA) is 34.1 Å². The minimum absolute atomic E-state index is 0.202. The zero-order valence-electron chi connectivity index (χ0n) is 8.79. The Balaban J connectivity index is 1.92. The maximum atomic E-state index is 11.9. The van der Waals surface area contributed by atoms with E-state index in [0.29, 0.717) is 0 Å². The van der Waals surface area contributed by atoms with Crippen molar-refractivity contribution in [2.24, 2.45) is 17.8 Å². The van der Waals surface area contributed by atoms with Crippen molar-refractivity contribution in [1.82, 2.24) is 0 Å². The van der Waals surface area contributed by atoms with E-state index in [-0.39, 0.29) is 29.3 Å². The Morgan fingerprint density at radius 2 is 1.36 bits per heavy atom. The highest BCUT2D eigenvalue weighted by Gasteiger charge is 2.38. The molecule has 0 N–H and O–H groups in total. The molecular weight excluding hydrogens is 176 g/mol. The monoisotopic (exact) mass is 194 g/mol. The van der Waals surface area contributed by atoms with Crippen molar-refractivity contribution in [2.45, 2.75) is 45.4 Å². The van der Waals surface area contributed by atoms with Crippen LogP contribution in [0.2, 0.25) is 0 Å². The van der Waals surface area contributed by atoms with Crippen LogP contribution in [-0.4, -0.2) is 11.6 Å². The van der Waals surface area contributed by atoms with Gasteiger partial charge in [-0.05, 0) is 32.6 Å². The lowest BCUT2D eigenvalue weighted by molar-refractivity contribution is -0.135. The standard InChI is InChI=1S/C12H18O2/c1-8(12(14)10-6-7-10)11(13)9-4-2-3-5-9/h8-10H,2-7H2,1H3. The predicted molar refractivity (Wildman–Crippen MR) is 53.9 cm³/mol. The van der Waals surface area contributed by atoms with Gasteiger partial charge in [0, 0.05) is 11.8 Å². The van der Waals surface area contributed by atoms with Gasteiger partial charge >= 0.3 is 0 Å². The van der Waals surface area contributed by atoms with E-state index in [1.165, 1.54) is 12.8 Å². The number of carbonyl (C=O) groups excluding carboxylic acids is 2. The van der Waals surface area contributed by atoms with E-state index < -0.39 is 0 Å². The molecule has 1 unspecified atom stereocenters. The van der Waals surface area contributed by atoms with E-state index in [4.69, 9.17) is 0 Å². The third-order valence-corrected chi connectivity index (χ3v) is 3.59. The van der Waals surface area contributed by atoms with Crippen LogP contribution in [0.15, 0.2) is 0 Å². The van der Waals surface area contributed by atoms with Crippen LogP contribution in [-0.2, 0) is 9.59 Å². The van der Waals surface area contributed by atoms with Crippen molar-refractivity contribution in [3.63, 3.8) is 0 Å². The summed E-state index contributed by atoms with van der Waals surface area (Å²) in [5, 5.41) is 0. The summed E-state index contributed by atoms with van der Waals surface area (Å²) < 4.78 is 0. The maximum absolute atomic E-state index is 11.9. The fraction of sp³-hybridized carbons (Fsp3) is 0.833. The summed E-state index contributed by atoms with van der Waals surface area (Å²) in [6.07, 6.45) is 6.39. The van der Waals surface area contributed by atoms with Crippen LogP contribution in [0, 0.1) is 17.8 Å². The van der Waals surface area contributed by atoms with E-state index in [1.54, 1.807) is 6.92 Å². The van der Waals surface area contributed by atoms with Gasteiger partial charge in [0.1, 0.15) is 11.6 Å². The fourth-order valence-corrected chi connectivity index (χ4v) is 2.43. The maximum Gasteiger partial charge on any atom is 0.146 e. The zero-order valence-corrected chi connectivity index (χ0v) is 8.79. The zero-order chi connectivity index (χ0) is 10.1. The molecule has 2 rings (SSSR count). The molecule has 0 bridgehead atoms. The molecular formula is C12H18O2. The van der Waals surface area contributed by atoms with E-state index in [0.717, 1.165) is 25.7 Å². The Morgan fingerprint density at radius 3 is 1.79 bits per heavy atom. The number of Topliss-reactive ketones (excluding diaryl/α,β-unsaturated/α-hetero) is 2. The minimum atomic E-state index is -0.314. The van der Waals surface area contributed by atoms with Crippen LogP contribution in [0.25, 0.3) is 0 Å². The molecule has 2 heteroatoms. The molecule has 1 atom stereocenters. The Labute approximate surface area is 85.1 Å². The van der Waals surface area contributed by atoms with Crippen molar-refractivity contribution in [3.05, 3.63) is 0 Å². The van der Waals surface area contributed by atoms with Crippen molar-refractivity contribution < 1.29 is 9.59 Å². The molecule has 0 heterocycles. The first-order chi connectivity index (χ1) is 6.70. The molecule has 0 aliphatic heterocycles. The van der Waals surface area contributed by atoms with Gasteiger partial charge in [-0.2, -0.15) is 0 Å². The third-order valence-electron chi connectivity index (χ3n) is 3.59. The number of ketones is 2. The Bertz CT molecular complexity index is 247. The summed E-state index contributed by atoms with van der Waals surface area (Å²) in [6.45, 7) is 1.81. The van der Waals surface area contributed by atoms with Crippen LogP contribution in [0.3, 0.4) is 0 Å². The largest absolute Gasteiger partial charge is 0.299 e. The van der Waals surface area contributed by atoms with E-state index >= 15 is 0 Å². The van der Waals surface area contributed by atoms with Gasteiger partial charge < -0.3 is 0 Å². The van der Waals surface area contributed by atoms with E-state index in [9.17, 15) is 9.59 Å². The van der Waals surface area contributed by atoms with Crippen molar-refractivity contribution in [3.8, 4) is 0 Å². The lowest BCUT2D eigenvalue weighted by atomic mass is 9.88. The molecule has 78 valence electrons. The van der Waals surface area contributed by atoms with Gasteiger partial charge in [0.2, 0.25) is 0 Å². The summed E-state index contributed by atoms with van der Waals surface area (Å²) >= 11 is 0. The second-order valence-electron chi connectivity index (χ2n) is 4.78. The van der Waals surface area contributed by atoms with Crippen molar-refractivity contribution in [2.75, 3.05) is 0 Å². The molecule has 0 aromatic carbocycles. The summed E-state index contributed by atoms with van der Waals surface area (Å²) in [7, 11) is 0. The van der Waals surface area contributed by atoms with Crippen LogP contribution < -0.4 is 0 Å². The first-order valence-electron chi connectivity index (χ1n) is 5.77. The summed E-state index contributed by atoms with van der Waals surface area (Å²) in [5.74, 6) is 0.551. The second kappa shape index (κ2) is 3.84. The second-order valence-corrected chi connectivity index (χ2v) is 4.78. The quantitative estimate of drug-likeness (QED) is 0.644. The highest BCUT2D eigenvalue weighted by atomic mass is 16.2. The normalized spacial score (nSPS) is 24.9. The average molecular weight is 194 g/mol. The van der Waals surface area contributed by atoms with E-state index in [2.05, 4.69) is 0 Å². The fourth-order valence-electron chi connectivity index (χ4n) is 2.43. The smallest absolute Gasteiger partial charge is 0.146 e. The van der Waals surface area contributed by atoms with E-state index in [1.807, 2.05) is 0 Å². The summed E-state index contributed by atoms with van der Waals surface area (Å²) in [6, 6.07) is 0. The molecule has 0 radical (unpaired) electrons. The molecule has 14 heavy (non-hydrogen) atoms. The first kappa shape index (κ1) is 9.88. The average Bonchev–Trinajstić information content (AvgIpc) is 2.90. The summed E-state index contributed by atoms with van der Waals surface area (Å²) in [4.78, 5) is 23.6. The van der Waals surface area contributed by atoms with Crippen molar-refractivity contribution in [1.29, 1.82) is 0 Å². The van der Waals surface area contributed by atoms with Crippen molar-refractivity contribution >= 4 is 11.6 Å². The minimum Gasteiger partial charge on any atom is -0.299 e. The van der Waals surface area contributed by atoms with Gasteiger partial charge in [-0.25, -0.2) is 0 Å². The van der Waals surface area contributed by atoms with Crippen LogP contribution in [0.4, 0.5) is 0 Å². The molecule has 0 spiro atoms. The van der Waals surface area contributed by atoms with Crippen LogP contribution in [0.5, 0.6) is 0 Å². The predicted octanol–water partition coefficient (Wildman–Crippen LogP) is 2.36. The SMILES string of the molecule is CC(C(=O)C1CCCC1)C(=O)C1CC1. The molecule has 0 aromatic heterocycles. The molecule has 2 aliphatic carbocycles. The van der Waals surface area contributed by atoms with Gasteiger partial charge in [0.05, 0.1) is 5.92 Å². The van der Waals surface area contributed by atoms with Gasteiger partial charge in [-0.3, -0.25) is 9.59 Å². The number of hydrogen-bond acceptors (Lipinski definition) is 2. The molecule has 0 aromatic rings. The van der Waals surface area contributed by atoms with Gasteiger partial charge in [0.15, 0.2) is 0 Å². The Morgan fingerprint density at radius 1 is 0.929 bits per heavy atom. The number of hydrogen-bond donors (Lipinski definition) is 0. The lowest BCUT2D eigenvalue weighted by Gasteiger charge is -2.13. The number of carbonyl (C=O) groups is 2. The van der Waals surface area contributed by atoms with Gasteiger partial charge in [-0.1, -0.05) is 12.8 Å². The first-order valence-corrected chi connectivity index (χ1v) is 5.77. The summed E-state index contributed by atoms with van der Waals surface area (Å²) in [5.41, 5.74) is 0. The Hall–Kier alpha value is -0.660.